The zero-order valence-corrected chi connectivity index (χ0v) is 15.4. The van der Waals surface area contributed by atoms with Crippen molar-refractivity contribution in [2.24, 2.45) is 29.1 Å². The molecular weight excluding hydrogens is 320 g/mol. The van der Waals surface area contributed by atoms with Crippen LogP contribution in [-0.2, 0) is 4.79 Å². The molecule has 0 aromatic rings. The third kappa shape index (κ3) is 2.72. The average Bonchev–Trinajstić information content (AvgIpc) is 2.94. The highest BCUT2D eigenvalue weighted by atomic mass is 16.3. The van der Waals surface area contributed by atoms with Crippen molar-refractivity contribution in [1.29, 1.82) is 0 Å². The lowest BCUT2D eigenvalue weighted by atomic mass is 9.77. The van der Waals surface area contributed by atoms with Crippen molar-refractivity contribution >= 4 is 5.78 Å². The van der Waals surface area contributed by atoms with E-state index in [0.29, 0.717) is 23.5 Å². The van der Waals surface area contributed by atoms with Gasteiger partial charge in [0.05, 0.1) is 24.7 Å². The predicted molar refractivity (Wildman–Crippen MR) is 93.5 cm³/mol. The summed E-state index contributed by atoms with van der Waals surface area (Å²) in [4.78, 5) is 13.1. The van der Waals surface area contributed by atoms with Gasteiger partial charge >= 0.3 is 0 Å². The van der Waals surface area contributed by atoms with Crippen LogP contribution in [0.4, 0.5) is 0 Å². The summed E-state index contributed by atoms with van der Waals surface area (Å²) in [6, 6.07) is 0. The Morgan fingerprint density at radius 1 is 1.28 bits per heavy atom. The molecular formula is C20H30O5. The number of carbonyl (C=O) groups is 1. The number of hydrogen-bond acceptors (Lipinski definition) is 5. The lowest BCUT2D eigenvalue weighted by molar-refractivity contribution is -0.144. The Morgan fingerprint density at radius 2 is 1.92 bits per heavy atom. The van der Waals surface area contributed by atoms with Gasteiger partial charge in [0, 0.05) is 0 Å². The second-order valence-electron chi connectivity index (χ2n) is 8.87. The minimum Gasteiger partial charge on any atom is -0.392 e. The highest BCUT2D eigenvalue weighted by Gasteiger charge is 2.60. The molecule has 0 heterocycles. The van der Waals surface area contributed by atoms with Gasteiger partial charge in [0.25, 0.3) is 0 Å². The fourth-order valence-corrected chi connectivity index (χ4v) is 5.12. The molecule has 2 fully saturated rings. The Morgan fingerprint density at radius 3 is 2.52 bits per heavy atom. The Bertz CT molecular complexity index is 634. The van der Waals surface area contributed by atoms with Crippen LogP contribution in [0, 0.1) is 29.1 Å². The standard InChI is InChI=1S/C20H30O5/c1-10-7-14-13(19(14,3)4)6-5-12(9-21)17(23)15-16(22)11(2)8-20(15,25)18(10)24/h5,7,11,13-17,21-23,25H,6,8-9H2,1-4H3. The van der Waals surface area contributed by atoms with Gasteiger partial charge in [-0.1, -0.05) is 32.9 Å². The molecule has 0 aromatic heterocycles. The van der Waals surface area contributed by atoms with Gasteiger partial charge in [-0.25, -0.2) is 0 Å². The minimum absolute atomic E-state index is 0.0489. The van der Waals surface area contributed by atoms with E-state index in [-0.39, 0.29) is 30.3 Å². The van der Waals surface area contributed by atoms with Gasteiger partial charge in [0.1, 0.15) is 5.60 Å². The number of allylic oxidation sites excluding steroid dienone is 2. The maximum Gasteiger partial charge on any atom is 0.190 e. The van der Waals surface area contributed by atoms with Crippen molar-refractivity contribution in [1.82, 2.24) is 0 Å². The monoisotopic (exact) mass is 350 g/mol. The van der Waals surface area contributed by atoms with E-state index in [4.69, 9.17) is 0 Å². The molecule has 3 aliphatic carbocycles. The van der Waals surface area contributed by atoms with Crippen LogP contribution in [0.15, 0.2) is 23.3 Å². The molecule has 0 saturated heterocycles. The molecule has 25 heavy (non-hydrogen) atoms. The molecule has 4 N–H and O–H groups in total. The third-order valence-corrected chi connectivity index (χ3v) is 6.99. The van der Waals surface area contributed by atoms with Crippen LogP contribution >= 0.6 is 0 Å². The Kier molecular flexibility index (Phi) is 4.52. The smallest absolute Gasteiger partial charge is 0.190 e. The molecule has 3 rings (SSSR count). The molecule has 5 heteroatoms. The number of aliphatic hydroxyl groups is 4. The molecule has 3 aliphatic rings. The maximum atomic E-state index is 13.1. The molecule has 0 bridgehead atoms. The van der Waals surface area contributed by atoms with E-state index in [0.717, 1.165) is 0 Å². The minimum atomic E-state index is -1.81. The number of carbonyl (C=O) groups excluding carboxylic acids is 1. The van der Waals surface area contributed by atoms with Gasteiger partial charge in [-0.3, -0.25) is 4.79 Å². The lowest BCUT2D eigenvalue weighted by Crippen LogP contribution is -2.51. The van der Waals surface area contributed by atoms with Crippen molar-refractivity contribution in [3.05, 3.63) is 23.3 Å². The second-order valence-corrected chi connectivity index (χ2v) is 8.87. The fourth-order valence-electron chi connectivity index (χ4n) is 5.12. The fraction of sp³-hybridized carbons (Fsp3) is 0.750. The van der Waals surface area contributed by atoms with E-state index in [1.54, 1.807) is 13.8 Å². The first-order valence-corrected chi connectivity index (χ1v) is 9.17. The van der Waals surface area contributed by atoms with Gasteiger partial charge < -0.3 is 20.4 Å². The summed E-state index contributed by atoms with van der Waals surface area (Å²) in [7, 11) is 0. The Hall–Kier alpha value is -1.01. The van der Waals surface area contributed by atoms with Gasteiger partial charge in [0.2, 0.25) is 0 Å². The summed E-state index contributed by atoms with van der Waals surface area (Å²) in [5.41, 5.74) is -0.890. The topological polar surface area (TPSA) is 98.0 Å². The summed E-state index contributed by atoms with van der Waals surface area (Å²) in [6.45, 7) is 7.41. The summed E-state index contributed by atoms with van der Waals surface area (Å²) >= 11 is 0. The summed E-state index contributed by atoms with van der Waals surface area (Å²) < 4.78 is 0. The largest absolute Gasteiger partial charge is 0.392 e. The number of rotatable bonds is 1. The van der Waals surface area contributed by atoms with E-state index in [9.17, 15) is 25.2 Å². The molecule has 0 spiro atoms. The lowest BCUT2D eigenvalue weighted by Gasteiger charge is -2.34. The number of fused-ring (bicyclic) bond motifs is 2. The molecule has 0 amide bonds. The van der Waals surface area contributed by atoms with Crippen molar-refractivity contribution in [2.45, 2.75) is 58.3 Å². The zero-order valence-electron chi connectivity index (χ0n) is 15.4. The first-order valence-electron chi connectivity index (χ1n) is 9.17. The van der Waals surface area contributed by atoms with Crippen molar-refractivity contribution < 1.29 is 25.2 Å². The summed E-state index contributed by atoms with van der Waals surface area (Å²) in [6.07, 6.45) is 2.33. The van der Waals surface area contributed by atoms with Gasteiger partial charge in [-0.2, -0.15) is 0 Å². The molecule has 7 unspecified atom stereocenters. The van der Waals surface area contributed by atoms with Crippen LogP contribution in [0.3, 0.4) is 0 Å². The van der Waals surface area contributed by atoms with E-state index in [1.165, 1.54) is 0 Å². The van der Waals surface area contributed by atoms with Crippen LogP contribution in [-0.4, -0.2) is 50.6 Å². The number of aliphatic hydroxyl groups excluding tert-OH is 3. The molecule has 5 nitrogen and oxygen atoms in total. The molecule has 140 valence electrons. The molecule has 0 aliphatic heterocycles. The van der Waals surface area contributed by atoms with Gasteiger partial charge in [-0.15, -0.1) is 0 Å². The molecule has 0 aromatic carbocycles. The maximum absolute atomic E-state index is 13.1. The number of ketones is 1. The van der Waals surface area contributed by atoms with Crippen LogP contribution in [0.25, 0.3) is 0 Å². The average molecular weight is 350 g/mol. The molecule has 7 atom stereocenters. The summed E-state index contributed by atoms with van der Waals surface area (Å²) in [5, 5.41) is 42.3. The van der Waals surface area contributed by atoms with E-state index in [1.807, 2.05) is 12.2 Å². The van der Waals surface area contributed by atoms with Gasteiger partial charge in [0.15, 0.2) is 5.78 Å². The highest BCUT2D eigenvalue weighted by molar-refractivity contribution is 6.02. The Labute approximate surface area is 149 Å². The second kappa shape index (κ2) is 6.02. The van der Waals surface area contributed by atoms with Crippen LogP contribution in [0.2, 0.25) is 0 Å². The molecule has 2 saturated carbocycles. The van der Waals surface area contributed by atoms with Crippen molar-refractivity contribution in [2.75, 3.05) is 6.61 Å². The quantitative estimate of drug-likeness (QED) is 0.533. The van der Waals surface area contributed by atoms with Crippen LogP contribution < -0.4 is 0 Å². The van der Waals surface area contributed by atoms with E-state index in [2.05, 4.69) is 13.8 Å². The Balaban J connectivity index is 2.10. The normalized spacial score (nSPS) is 46.5. The zero-order chi connectivity index (χ0) is 18.7. The van der Waals surface area contributed by atoms with Gasteiger partial charge in [-0.05, 0) is 54.1 Å². The number of hydrogen-bond donors (Lipinski definition) is 4. The highest BCUT2D eigenvalue weighted by Crippen LogP contribution is 2.61. The van der Waals surface area contributed by atoms with Crippen molar-refractivity contribution in [3.8, 4) is 0 Å². The number of Topliss-reactive ketones (excluding diaryl/α,β-unsaturated/α-hetero) is 1. The van der Waals surface area contributed by atoms with Crippen molar-refractivity contribution in [3.63, 3.8) is 0 Å². The SMILES string of the molecule is CC1=CC2C(CC=C(CO)C(O)C3C(O)C(C)CC3(O)C1=O)C2(C)C. The molecule has 0 radical (unpaired) electrons. The van der Waals surface area contributed by atoms with Crippen LogP contribution in [0.5, 0.6) is 0 Å². The third-order valence-electron chi connectivity index (χ3n) is 6.99. The summed E-state index contributed by atoms with van der Waals surface area (Å²) in [5.74, 6) is -1.19. The van der Waals surface area contributed by atoms with E-state index >= 15 is 0 Å². The predicted octanol–water partition coefficient (Wildman–Crippen LogP) is 1.21. The first-order chi connectivity index (χ1) is 11.6. The van der Waals surface area contributed by atoms with E-state index < -0.39 is 29.5 Å². The first kappa shape index (κ1) is 18.8. The van der Waals surface area contributed by atoms with Crippen LogP contribution in [0.1, 0.15) is 40.5 Å².